The Morgan fingerprint density at radius 1 is 1.22 bits per heavy atom. The molecule has 6 heteroatoms. The molecule has 1 amide bonds. The van der Waals surface area contributed by atoms with Gasteiger partial charge < -0.3 is 19.9 Å². The molecule has 6 nitrogen and oxygen atoms in total. The number of aryl methyl sites for hydroxylation is 1. The lowest BCUT2D eigenvalue weighted by Gasteiger charge is -2.58. The van der Waals surface area contributed by atoms with Gasteiger partial charge in [0.2, 0.25) is 5.91 Å². The molecule has 150 valence electrons. The molecule has 1 saturated carbocycles. The van der Waals surface area contributed by atoms with Crippen LogP contribution in [-0.4, -0.2) is 41.8 Å². The Morgan fingerprint density at radius 3 is 2.41 bits per heavy atom. The highest BCUT2D eigenvalue weighted by Gasteiger charge is 2.66. The van der Waals surface area contributed by atoms with Gasteiger partial charge in [-0.15, -0.1) is 0 Å². The maximum absolute atomic E-state index is 12.4. The molecular weight excluding hydrogens is 346 g/mol. The van der Waals surface area contributed by atoms with Gasteiger partial charge in [-0.05, 0) is 37.5 Å². The van der Waals surface area contributed by atoms with Gasteiger partial charge in [0.15, 0.2) is 0 Å². The van der Waals surface area contributed by atoms with Gasteiger partial charge in [0, 0.05) is 24.9 Å². The number of aliphatic carboxylic acids is 1. The van der Waals surface area contributed by atoms with Crippen molar-refractivity contribution in [2.24, 2.45) is 5.41 Å². The molecule has 27 heavy (non-hydrogen) atoms. The molecule has 1 aromatic rings. The zero-order chi connectivity index (χ0) is 20.1. The van der Waals surface area contributed by atoms with E-state index in [2.05, 4.69) is 12.2 Å². The first-order valence-corrected chi connectivity index (χ1v) is 9.64. The molecular formula is C21H31NO5. The summed E-state index contributed by atoms with van der Waals surface area (Å²) in [6, 6.07) is 7.65. The predicted molar refractivity (Wildman–Crippen MR) is 103 cm³/mol. The van der Waals surface area contributed by atoms with Gasteiger partial charge in [-0.25, -0.2) is 4.79 Å². The second-order valence-corrected chi connectivity index (χ2v) is 7.62. The van der Waals surface area contributed by atoms with Crippen molar-refractivity contribution in [2.45, 2.75) is 65.0 Å². The minimum Gasteiger partial charge on any atom is -0.494 e. The van der Waals surface area contributed by atoms with Crippen LogP contribution in [0.3, 0.4) is 0 Å². The van der Waals surface area contributed by atoms with Crippen molar-refractivity contribution in [1.29, 1.82) is 0 Å². The van der Waals surface area contributed by atoms with Gasteiger partial charge in [-0.3, -0.25) is 4.79 Å². The van der Waals surface area contributed by atoms with Crippen LogP contribution in [0.5, 0.6) is 5.75 Å². The Kier molecular flexibility index (Phi) is 6.87. The van der Waals surface area contributed by atoms with Gasteiger partial charge >= 0.3 is 5.97 Å². The van der Waals surface area contributed by atoms with E-state index in [0.29, 0.717) is 26.1 Å². The zero-order valence-electron chi connectivity index (χ0n) is 16.7. The van der Waals surface area contributed by atoms with Crippen LogP contribution in [0.1, 0.15) is 52.5 Å². The molecule has 1 aliphatic rings. The number of benzene rings is 1. The second kappa shape index (κ2) is 8.74. The summed E-state index contributed by atoms with van der Waals surface area (Å²) in [6.07, 6.45) is 1.85. The van der Waals surface area contributed by atoms with Crippen molar-refractivity contribution in [3.05, 3.63) is 29.8 Å². The topological polar surface area (TPSA) is 84.9 Å². The van der Waals surface area contributed by atoms with E-state index in [0.717, 1.165) is 17.7 Å². The van der Waals surface area contributed by atoms with Crippen molar-refractivity contribution in [3.8, 4) is 5.75 Å². The lowest BCUT2D eigenvalue weighted by atomic mass is 9.54. The SMILES string of the molecule is CCCOc1ccc(CCC(=O)NC2(C(=O)O)CC(OCC)C2(C)C)cc1. The van der Waals surface area contributed by atoms with Crippen molar-refractivity contribution >= 4 is 11.9 Å². The molecule has 2 atom stereocenters. The van der Waals surface area contributed by atoms with Crippen molar-refractivity contribution < 1.29 is 24.2 Å². The number of carbonyl (C=O) groups is 2. The average Bonchev–Trinajstić information content (AvgIpc) is 2.64. The number of carboxylic acids is 1. The summed E-state index contributed by atoms with van der Waals surface area (Å²) in [5.41, 5.74) is -0.928. The number of rotatable bonds is 10. The fourth-order valence-corrected chi connectivity index (χ4v) is 3.57. The minimum atomic E-state index is -1.28. The highest BCUT2D eigenvalue weighted by atomic mass is 16.5. The van der Waals surface area contributed by atoms with Crippen LogP contribution >= 0.6 is 0 Å². The Labute approximate surface area is 161 Å². The fraction of sp³-hybridized carbons (Fsp3) is 0.619. The largest absolute Gasteiger partial charge is 0.494 e. The van der Waals surface area contributed by atoms with Crippen molar-refractivity contribution in [2.75, 3.05) is 13.2 Å². The first-order valence-electron chi connectivity index (χ1n) is 9.64. The quantitative estimate of drug-likeness (QED) is 0.654. The third-order valence-electron chi connectivity index (χ3n) is 5.52. The average molecular weight is 377 g/mol. The smallest absolute Gasteiger partial charge is 0.330 e. The summed E-state index contributed by atoms with van der Waals surface area (Å²) in [6.45, 7) is 8.80. The molecule has 0 aliphatic heterocycles. The van der Waals surface area contributed by atoms with E-state index < -0.39 is 16.9 Å². The van der Waals surface area contributed by atoms with E-state index in [1.807, 2.05) is 45.0 Å². The van der Waals surface area contributed by atoms with Crippen LogP contribution < -0.4 is 10.1 Å². The molecule has 2 unspecified atom stereocenters. The van der Waals surface area contributed by atoms with Crippen LogP contribution in [0.25, 0.3) is 0 Å². The van der Waals surface area contributed by atoms with Crippen LogP contribution in [0, 0.1) is 5.41 Å². The summed E-state index contributed by atoms with van der Waals surface area (Å²) in [4.78, 5) is 24.4. The molecule has 0 aromatic heterocycles. The van der Waals surface area contributed by atoms with Gasteiger partial charge in [0.25, 0.3) is 0 Å². The Bertz CT molecular complexity index is 655. The maximum atomic E-state index is 12.4. The minimum absolute atomic E-state index is 0.172. The van der Waals surface area contributed by atoms with Crippen molar-refractivity contribution in [3.63, 3.8) is 0 Å². The lowest BCUT2D eigenvalue weighted by molar-refractivity contribution is -0.194. The number of carbonyl (C=O) groups excluding carboxylic acids is 1. The van der Waals surface area contributed by atoms with E-state index in [9.17, 15) is 14.7 Å². The molecule has 0 radical (unpaired) electrons. The first-order chi connectivity index (χ1) is 12.8. The number of hydrogen-bond acceptors (Lipinski definition) is 4. The second-order valence-electron chi connectivity index (χ2n) is 7.62. The number of carboxylic acid groups (broad SMARTS) is 1. The van der Waals surface area contributed by atoms with Crippen LogP contribution in [0.2, 0.25) is 0 Å². The van der Waals surface area contributed by atoms with Gasteiger partial charge in [0.1, 0.15) is 11.3 Å². The molecule has 1 aromatic carbocycles. The monoisotopic (exact) mass is 377 g/mol. The maximum Gasteiger partial charge on any atom is 0.330 e. The number of ether oxygens (including phenoxy) is 2. The predicted octanol–water partition coefficient (Wildman–Crippen LogP) is 3.18. The molecule has 0 saturated heterocycles. The molecule has 0 bridgehead atoms. The molecule has 1 aliphatic carbocycles. The highest BCUT2D eigenvalue weighted by molar-refractivity contribution is 5.89. The summed E-state index contributed by atoms with van der Waals surface area (Å²) in [5.74, 6) is -0.450. The molecule has 0 spiro atoms. The standard InChI is InChI=1S/C21H31NO5/c1-5-13-27-16-10-7-15(8-11-16)9-12-18(23)22-21(19(24)25)14-17(26-6-2)20(21,3)4/h7-8,10-11,17H,5-6,9,12-14H2,1-4H3,(H,22,23)(H,24,25). The van der Waals surface area contributed by atoms with Gasteiger partial charge in [-0.1, -0.05) is 32.9 Å². The van der Waals surface area contributed by atoms with Crippen LogP contribution in [0.15, 0.2) is 24.3 Å². The first kappa shape index (κ1) is 21.2. The molecule has 0 heterocycles. The molecule has 1 fully saturated rings. The third kappa shape index (κ3) is 4.43. The number of nitrogens with one attached hydrogen (secondary N) is 1. The van der Waals surface area contributed by atoms with E-state index in [4.69, 9.17) is 9.47 Å². The van der Waals surface area contributed by atoms with Gasteiger partial charge in [0.05, 0.1) is 12.7 Å². The molecule has 2 rings (SSSR count). The van der Waals surface area contributed by atoms with Crippen LogP contribution in [0.4, 0.5) is 0 Å². The zero-order valence-corrected chi connectivity index (χ0v) is 16.7. The summed E-state index contributed by atoms with van der Waals surface area (Å²) in [7, 11) is 0. The van der Waals surface area contributed by atoms with Gasteiger partial charge in [-0.2, -0.15) is 0 Å². The van der Waals surface area contributed by atoms with E-state index in [-0.39, 0.29) is 18.4 Å². The lowest BCUT2D eigenvalue weighted by Crippen LogP contribution is -2.76. The van der Waals surface area contributed by atoms with E-state index >= 15 is 0 Å². The Hall–Kier alpha value is -2.08. The summed E-state index contributed by atoms with van der Waals surface area (Å²) in [5, 5.41) is 12.5. The number of amides is 1. The van der Waals surface area contributed by atoms with E-state index in [1.54, 1.807) is 0 Å². The highest BCUT2D eigenvalue weighted by Crippen LogP contribution is 2.51. The Balaban J connectivity index is 1.93. The van der Waals surface area contributed by atoms with Crippen molar-refractivity contribution in [1.82, 2.24) is 5.32 Å². The summed E-state index contributed by atoms with van der Waals surface area (Å²) >= 11 is 0. The Morgan fingerprint density at radius 2 is 1.89 bits per heavy atom. The third-order valence-corrected chi connectivity index (χ3v) is 5.52. The normalized spacial score (nSPS) is 23.3. The number of hydrogen-bond donors (Lipinski definition) is 2. The van der Waals surface area contributed by atoms with E-state index in [1.165, 1.54) is 0 Å². The summed E-state index contributed by atoms with van der Waals surface area (Å²) < 4.78 is 11.2. The molecule has 2 N–H and O–H groups in total. The fourth-order valence-electron chi connectivity index (χ4n) is 3.57. The van der Waals surface area contributed by atoms with Crippen LogP contribution in [-0.2, 0) is 20.7 Å².